The Balaban J connectivity index is 1.93. The van der Waals surface area contributed by atoms with Crippen molar-refractivity contribution >= 4 is 23.2 Å². The van der Waals surface area contributed by atoms with Crippen LogP contribution in [0, 0.1) is 5.41 Å². The van der Waals surface area contributed by atoms with Crippen LogP contribution in [0.3, 0.4) is 0 Å². The molecule has 1 aliphatic heterocycles. The lowest BCUT2D eigenvalue weighted by molar-refractivity contribution is -0.134. The molecule has 134 valence electrons. The highest BCUT2D eigenvalue weighted by molar-refractivity contribution is 7.09. The summed E-state index contributed by atoms with van der Waals surface area (Å²) in [5, 5.41) is 5.96. The molecular formula is C18H29N3O2S. The first-order valence-electron chi connectivity index (χ1n) is 8.77. The highest BCUT2D eigenvalue weighted by atomic mass is 32.1. The molecule has 5 nitrogen and oxygen atoms in total. The summed E-state index contributed by atoms with van der Waals surface area (Å²) in [5.41, 5.74) is 0.936. The fourth-order valence-corrected chi connectivity index (χ4v) is 3.82. The fourth-order valence-electron chi connectivity index (χ4n) is 2.88. The predicted molar refractivity (Wildman–Crippen MR) is 96.9 cm³/mol. The summed E-state index contributed by atoms with van der Waals surface area (Å²) in [4.78, 5) is 30.5. The minimum Gasteiger partial charge on any atom is -0.350 e. The van der Waals surface area contributed by atoms with E-state index in [2.05, 4.69) is 31.1 Å². The molecule has 1 unspecified atom stereocenters. The summed E-state index contributed by atoms with van der Waals surface area (Å²) in [6.45, 7) is 10.3. The Kier molecular flexibility index (Phi) is 6.38. The van der Waals surface area contributed by atoms with E-state index in [0.717, 1.165) is 36.6 Å². The Hall–Kier alpha value is -1.43. The molecule has 0 saturated carbocycles. The van der Waals surface area contributed by atoms with E-state index in [-0.39, 0.29) is 17.2 Å². The van der Waals surface area contributed by atoms with Crippen LogP contribution >= 0.6 is 11.3 Å². The van der Waals surface area contributed by atoms with Gasteiger partial charge in [-0.05, 0) is 18.3 Å². The molecule has 2 rings (SSSR count). The van der Waals surface area contributed by atoms with Crippen molar-refractivity contribution < 1.29 is 9.59 Å². The second-order valence-corrected chi connectivity index (χ2v) is 8.61. The average Bonchev–Trinajstić information content (AvgIpc) is 3.00. The summed E-state index contributed by atoms with van der Waals surface area (Å²) < 4.78 is 0. The molecular weight excluding hydrogens is 322 g/mol. The van der Waals surface area contributed by atoms with Crippen LogP contribution in [0.2, 0.25) is 0 Å². The van der Waals surface area contributed by atoms with E-state index in [9.17, 15) is 9.59 Å². The fraction of sp³-hybridized carbons (Fsp3) is 0.722. The third-order valence-electron chi connectivity index (χ3n) is 4.16. The van der Waals surface area contributed by atoms with Gasteiger partial charge in [-0.25, -0.2) is 4.98 Å². The van der Waals surface area contributed by atoms with Crippen LogP contribution in [0.5, 0.6) is 0 Å². The van der Waals surface area contributed by atoms with Crippen molar-refractivity contribution in [3.63, 3.8) is 0 Å². The molecule has 2 amide bonds. The smallest absolute Gasteiger partial charge is 0.223 e. The Morgan fingerprint density at radius 2 is 2.17 bits per heavy atom. The van der Waals surface area contributed by atoms with Crippen molar-refractivity contribution in [2.75, 3.05) is 13.1 Å². The molecule has 1 saturated heterocycles. The van der Waals surface area contributed by atoms with Gasteiger partial charge in [-0.3, -0.25) is 9.59 Å². The molecule has 0 bridgehead atoms. The molecule has 1 N–H and O–H groups in total. The normalized spacial score (nSPS) is 18.5. The molecule has 1 atom stereocenters. The van der Waals surface area contributed by atoms with Crippen molar-refractivity contribution in [2.24, 2.45) is 5.41 Å². The number of piperidine rings is 1. The molecule has 0 aromatic carbocycles. The van der Waals surface area contributed by atoms with Gasteiger partial charge in [0.1, 0.15) is 0 Å². The van der Waals surface area contributed by atoms with Crippen LogP contribution in [-0.2, 0) is 16.1 Å². The Bertz CT molecular complexity index is 577. The number of carbonyl (C=O) groups is 2. The van der Waals surface area contributed by atoms with E-state index in [0.29, 0.717) is 25.3 Å². The first kappa shape index (κ1) is 18.9. The number of hydrogen-bond acceptors (Lipinski definition) is 4. The zero-order valence-corrected chi connectivity index (χ0v) is 16.0. The van der Waals surface area contributed by atoms with Gasteiger partial charge in [0.05, 0.1) is 17.2 Å². The molecule has 0 aliphatic carbocycles. The maximum Gasteiger partial charge on any atom is 0.223 e. The molecule has 2 heterocycles. The highest BCUT2D eigenvalue weighted by Crippen LogP contribution is 2.30. The Morgan fingerprint density at radius 3 is 2.83 bits per heavy atom. The van der Waals surface area contributed by atoms with E-state index >= 15 is 0 Å². The summed E-state index contributed by atoms with van der Waals surface area (Å²) in [6.07, 6.45) is 3.19. The topological polar surface area (TPSA) is 62.3 Å². The lowest BCUT2D eigenvalue weighted by atomic mass is 9.90. The van der Waals surface area contributed by atoms with Crippen LogP contribution < -0.4 is 5.32 Å². The standard InChI is InChI=1S/C18H29N3O2S/c1-5-15(22)19-10-14-12-24-17(20-14)13-7-6-8-21(11-13)16(23)9-18(2,3)4/h12-13H,5-11H2,1-4H3,(H,19,22). The monoisotopic (exact) mass is 351 g/mol. The zero-order chi connectivity index (χ0) is 17.7. The van der Waals surface area contributed by atoms with E-state index in [1.54, 1.807) is 11.3 Å². The van der Waals surface area contributed by atoms with Gasteiger partial charge in [0.15, 0.2) is 0 Å². The van der Waals surface area contributed by atoms with Gasteiger partial charge in [0.2, 0.25) is 11.8 Å². The molecule has 0 radical (unpaired) electrons. The van der Waals surface area contributed by atoms with Gasteiger partial charge in [0.25, 0.3) is 0 Å². The van der Waals surface area contributed by atoms with Crippen LogP contribution in [0.4, 0.5) is 0 Å². The lowest BCUT2D eigenvalue weighted by Crippen LogP contribution is -2.40. The van der Waals surface area contributed by atoms with Gasteiger partial charge in [-0.2, -0.15) is 0 Å². The largest absolute Gasteiger partial charge is 0.350 e. The van der Waals surface area contributed by atoms with Crippen molar-refractivity contribution in [2.45, 2.75) is 65.8 Å². The van der Waals surface area contributed by atoms with Crippen molar-refractivity contribution in [3.8, 4) is 0 Å². The lowest BCUT2D eigenvalue weighted by Gasteiger charge is -2.33. The van der Waals surface area contributed by atoms with Gasteiger partial charge in [0, 0.05) is 37.2 Å². The van der Waals surface area contributed by atoms with Crippen molar-refractivity contribution in [1.29, 1.82) is 0 Å². The number of likely N-dealkylation sites (tertiary alicyclic amines) is 1. The van der Waals surface area contributed by atoms with Gasteiger partial charge < -0.3 is 10.2 Å². The number of amides is 2. The molecule has 1 aromatic heterocycles. The van der Waals surface area contributed by atoms with E-state index in [1.165, 1.54) is 0 Å². The predicted octanol–water partition coefficient (Wildman–Crippen LogP) is 3.31. The summed E-state index contributed by atoms with van der Waals surface area (Å²) in [7, 11) is 0. The first-order valence-corrected chi connectivity index (χ1v) is 9.65. The van der Waals surface area contributed by atoms with Crippen molar-refractivity contribution in [1.82, 2.24) is 15.2 Å². The number of rotatable bonds is 5. The maximum absolute atomic E-state index is 12.5. The quantitative estimate of drug-likeness (QED) is 0.885. The van der Waals surface area contributed by atoms with Crippen LogP contribution in [0.1, 0.15) is 70.0 Å². The number of aromatic nitrogens is 1. The molecule has 1 fully saturated rings. The molecule has 1 aliphatic rings. The highest BCUT2D eigenvalue weighted by Gasteiger charge is 2.28. The second kappa shape index (κ2) is 8.10. The Morgan fingerprint density at radius 1 is 1.42 bits per heavy atom. The molecule has 1 aromatic rings. The summed E-state index contributed by atoms with van der Waals surface area (Å²) >= 11 is 1.64. The number of carbonyl (C=O) groups excluding carboxylic acids is 2. The van der Waals surface area contributed by atoms with Crippen LogP contribution in [0.25, 0.3) is 0 Å². The first-order chi connectivity index (χ1) is 11.3. The van der Waals surface area contributed by atoms with Gasteiger partial charge in [-0.15, -0.1) is 11.3 Å². The third-order valence-corrected chi connectivity index (χ3v) is 5.22. The van der Waals surface area contributed by atoms with Crippen molar-refractivity contribution in [3.05, 3.63) is 16.1 Å². The van der Waals surface area contributed by atoms with Crippen LogP contribution in [-0.4, -0.2) is 34.8 Å². The molecule has 0 spiro atoms. The minimum atomic E-state index is 0.0237. The molecule has 24 heavy (non-hydrogen) atoms. The minimum absolute atomic E-state index is 0.0237. The summed E-state index contributed by atoms with van der Waals surface area (Å²) in [5.74, 6) is 0.614. The number of nitrogens with zero attached hydrogens (tertiary/aromatic N) is 2. The van der Waals surface area contributed by atoms with Gasteiger partial charge in [-0.1, -0.05) is 27.7 Å². The maximum atomic E-state index is 12.5. The van der Waals surface area contributed by atoms with E-state index in [1.807, 2.05) is 17.2 Å². The van der Waals surface area contributed by atoms with E-state index < -0.39 is 0 Å². The zero-order valence-electron chi connectivity index (χ0n) is 15.2. The third kappa shape index (κ3) is 5.58. The Labute approximate surface area is 148 Å². The number of hydrogen-bond donors (Lipinski definition) is 1. The van der Waals surface area contributed by atoms with Gasteiger partial charge >= 0.3 is 0 Å². The van der Waals surface area contributed by atoms with Crippen LogP contribution in [0.15, 0.2) is 5.38 Å². The second-order valence-electron chi connectivity index (χ2n) is 7.72. The summed E-state index contributed by atoms with van der Waals surface area (Å²) in [6, 6.07) is 0. The average molecular weight is 352 g/mol. The molecule has 6 heteroatoms. The SMILES string of the molecule is CCC(=O)NCc1csc(C2CCCN(C(=O)CC(C)(C)C)C2)n1. The van der Waals surface area contributed by atoms with E-state index in [4.69, 9.17) is 0 Å². The number of thiazole rings is 1. The number of nitrogens with one attached hydrogen (secondary N) is 1.